The van der Waals surface area contributed by atoms with E-state index in [9.17, 15) is 8.42 Å². The highest BCUT2D eigenvalue weighted by atomic mass is 32.2. The Kier molecular flexibility index (Phi) is 3.74. The number of hydrogen-bond acceptors (Lipinski definition) is 6. The summed E-state index contributed by atoms with van der Waals surface area (Å²) in [5, 5.41) is 12.8. The maximum absolute atomic E-state index is 12.7. The molecule has 2 aromatic carbocycles. The van der Waals surface area contributed by atoms with E-state index in [0.29, 0.717) is 21.2 Å². The van der Waals surface area contributed by atoms with Gasteiger partial charge < -0.3 is 0 Å². The first kappa shape index (κ1) is 15.7. The zero-order chi connectivity index (χ0) is 17.4. The van der Waals surface area contributed by atoms with Crippen molar-refractivity contribution < 1.29 is 8.42 Å². The molecule has 0 fully saturated rings. The van der Waals surface area contributed by atoms with Gasteiger partial charge >= 0.3 is 0 Å². The van der Waals surface area contributed by atoms with Gasteiger partial charge in [0.25, 0.3) is 10.0 Å². The van der Waals surface area contributed by atoms with E-state index in [-0.39, 0.29) is 4.90 Å². The van der Waals surface area contributed by atoms with Crippen molar-refractivity contribution in [2.45, 2.75) is 11.8 Å². The molecule has 126 valence electrons. The molecule has 0 saturated heterocycles. The predicted molar refractivity (Wildman–Crippen MR) is 96.1 cm³/mol. The lowest BCUT2D eigenvalue weighted by molar-refractivity contribution is 0.601. The maximum Gasteiger partial charge on any atom is 0.261 e. The minimum absolute atomic E-state index is 0.214. The lowest BCUT2D eigenvalue weighted by Crippen LogP contribution is -2.13. The van der Waals surface area contributed by atoms with Crippen molar-refractivity contribution in [3.05, 3.63) is 60.4 Å². The number of aromatic nitrogens is 4. The van der Waals surface area contributed by atoms with Crippen LogP contribution in [-0.2, 0) is 10.0 Å². The molecule has 7 nitrogen and oxygen atoms in total. The first-order chi connectivity index (χ1) is 12.0. The Morgan fingerprint density at radius 2 is 1.84 bits per heavy atom. The Labute approximate surface area is 148 Å². The fourth-order valence-electron chi connectivity index (χ4n) is 2.35. The Morgan fingerprint density at radius 1 is 1.08 bits per heavy atom. The third-order valence-electron chi connectivity index (χ3n) is 3.62. The van der Waals surface area contributed by atoms with Crippen molar-refractivity contribution in [2.75, 3.05) is 4.72 Å². The highest BCUT2D eigenvalue weighted by molar-refractivity contribution is 7.92. The Balaban J connectivity index is 1.74. The second-order valence-electron chi connectivity index (χ2n) is 5.43. The second-order valence-corrected chi connectivity index (χ2v) is 8.07. The van der Waals surface area contributed by atoms with Crippen molar-refractivity contribution in [1.82, 2.24) is 19.8 Å². The van der Waals surface area contributed by atoms with Gasteiger partial charge in [-0.05, 0) is 31.2 Å². The highest BCUT2D eigenvalue weighted by Crippen LogP contribution is 2.32. The van der Waals surface area contributed by atoms with Gasteiger partial charge in [0.15, 0.2) is 0 Å². The number of sulfonamides is 1. The molecule has 0 aliphatic heterocycles. The van der Waals surface area contributed by atoms with Crippen LogP contribution in [0.5, 0.6) is 0 Å². The molecule has 25 heavy (non-hydrogen) atoms. The van der Waals surface area contributed by atoms with Crippen molar-refractivity contribution in [3.63, 3.8) is 0 Å². The van der Waals surface area contributed by atoms with E-state index < -0.39 is 10.0 Å². The summed E-state index contributed by atoms with van der Waals surface area (Å²) in [6, 6.07) is 13.8. The van der Waals surface area contributed by atoms with Crippen LogP contribution in [0.3, 0.4) is 0 Å². The van der Waals surface area contributed by atoms with E-state index in [2.05, 4.69) is 20.0 Å². The number of benzene rings is 2. The number of hydrogen-bond donors (Lipinski definition) is 1. The lowest BCUT2D eigenvalue weighted by Gasteiger charge is -2.11. The number of nitrogens with one attached hydrogen (secondary N) is 1. The number of anilines is 1. The van der Waals surface area contributed by atoms with Crippen LogP contribution in [0, 0.1) is 6.92 Å². The monoisotopic (exact) mass is 371 g/mol. The second kappa shape index (κ2) is 5.94. The van der Waals surface area contributed by atoms with Gasteiger partial charge in [-0.1, -0.05) is 41.2 Å². The average Bonchev–Trinajstić information content (AvgIpc) is 3.17. The molecule has 9 heteroatoms. The summed E-state index contributed by atoms with van der Waals surface area (Å²) in [5.74, 6) is 0. The van der Waals surface area contributed by atoms with Crippen molar-refractivity contribution in [2.24, 2.45) is 0 Å². The fraction of sp³-hybridized carbons (Fsp3) is 0.0625. The van der Waals surface area contributed by atoms with Gasteiger partial charge in [0, 0.05) is 5.56 Å². The zero-order valence-corrected chi connectivity index (χ0v) is 14.8. The molecule has 0 radical (unpaired) electrons. The van der Waals surface area contributed by atoms with Gasteiger partial charge in [0.05, 0.1) is 10.6 Å². The lowest BCUT2D eigenvalue weighted by atomic mass is 10.2. The van der Waals surface area contributed by atoms with Crippen LogP contribution < -0.4 is 4.72 Å². The van der Waals surface area contributed by atoms with Crippen LogP contribution in [0.2, 0.25) is 0 Å². The third kappa shape index (κ3) is 2.99. The summed E-state index contributed by atoms with van der Waals surface area (Å²) >= 11 is 1.34. The van der Waals surface area contributed by atoms with E-state index in [1.54, 1.807) is 40.9 Å². The number of fused-ring (bicyclic) bond motifs is 1. The molecule has 0 aliphatic rings. The summed E-state index contributed by atoms with van der Waals surface area (Å²) in [6.07, 6.45) is 1.51. The molecule has 0 amide bonds. The largest absolute Gasteiger partial charge is 0.279 e. The SMILES string of the molecule is Cc1ccc(S(=O)(=O)Nc2ccccc2-c2nn3cnnc3s2)cc1. The molecule has 0 aliphatic carbocycles. The maximum atomic E-state index is 12.7. The molecule has 0 spiro atoms. The smallest absolute Gasteiger partial charge is 0.261 e. The van der Waals surface area contributed by atoms with E-state index in [0.717, 1.165) is 5.56 Å². The van der Waals surface area contributed by atoms with Crippen LogP contribution in [0.4, 0.5) is 5.69 Å². The van der Waals surface area contributed by atoms with Gasteiger partial charge in [-0.25, -0.2) is 8.42 Å². The molecular weight excluding hydrogens is 358 g/mol. The van der Waals surface area contributed by atoms with Gasteiger partial charge in [-0.15, -0.1) is 10.2 Å². The molecule has 0 atom stereocenters. The normalized spacial score (nSPS) is 11.7. The summed E-state index contributed by atoms with van der Waals surface area (Å²) in [5.41, 5.74) is 2.15. The van der Waals surface area contributed by atoms with E-state index in [4.69, 9.17) is 0 Å². The van der Waals surface area contributed by atoms with Crippen molar-refractivity contribution >= 4 is 32.0 Å². The number of aryl methyl sites for hydroxylation is 1. The number of nitrogens with zero attached hydrogens (tertiary/aromatic N) is 4. The Bertz CT molecular complexity index is 1120. The topological polar surface area (TPSA) is 89.2 Å². The Morgan fingerprint density at radius 3 is 2.60 bits per heavy atom. The molecule has 0 bridgehead atoms. The van der Waals surface area contributed by atoms with Crippen LogP contribution in [-0.4, -0.2) is 28.2 Å². The van der Waals surface area contributed by atoms with Gasteiger partial charge in [-0.3, -0.25) is 4.72 Å². The first-order valence-electron chi connectivity index (χ1n) is 7.39. The number of rotatable bonds is 4. The molecule has 0 unspecified atom stereocenters. The molecule has 2 aromatic heterocycles. The third-order valence-corrected chi connectivity index (χ3v) is 5.95. The molecule has 1 N–H and O–H groups in total. The molecule has 2 heterocycles. The fourth-order valence-corrected chi connectivity index (χ4v) is 4.29. The average molecular weight is 371 g/mol. The van der Waals surface area contributed by atoms with Crippen LogP contribution >= 0.6 is 11.3 Å². The van der Waals surface area contributed by atoms with Gasteiger partial charge in [0.2, 0.25) is 4.96 Å². The summed E-state index contributed by atoms with van der Waals surface area (Å²) < 4.78 is 29.5. The van der Waals surface area contributed by atoms with E-state index >= 15 is 0 Å². The molecular formula is C16H13N5O2S2. The van der Waals surface area contributed by atoms with E-state index in [1.807, 2.05) is 19.1 Å². The zero-order valence-electron chi connectivity index (χ0n) is 13.1. The highest BCUT2D eigenvalue weighted by Gasteiger charge is 2.18. The minimum Gasteiger partial charge on any atom is -0.279 e. The van der Waals surface area contributed by atoms with Crippen molar-refractivity contribution in [3.8, 4) is 10.6 Å². The summed E-state index contributed by atoms with van der Waals surface area (Å²) in [6.45, 7) is 1.91. The Hall–Kier alpha value is -2.78. The van der Waals surface area contributed by atoms with Crippen LogP contribution in [0.1, 0.15) is 5.56 Å². The molecule has 4 rings (SSSR count). The quantitative estimate of drug-likeness (QED) is 0.596. The molecule has 4 aromatic rings. The first-order valence-corrected chi connectivity index (χ1v) is 9.69. The number of para-hydroxylation sites is 1. The minimum atomic E-state index is -3.69. The summed E-state index contributed by atoms with van der Waals surface area (Å²) in [7, 11) is -3.69. The van der Waals surface area contributed by atoms with Crippen LogP contribution in [0.15, 0.2) is 59.8 Å². The van der Waals surface area contributed by atoms with Crippen molar-refractivity contribution in [1.29, 1.82) is 0 Å². The van der Waals surface area contributed by atoms with Gasteiger partial charge in [-0.2, -0.15) is 9.61 Å². The van der Waals surface area contributed by atoms with E-state index in [1.165, 1.54) is 17.7 Å². The van der Waals surface area contributed by atoms with Crippen LogP contribution in [0.25, 0.3) is 15.5 Å². The van der Waals surface area contributed by atoms with Gasteiger partial charge in [0.1, 0.15) is 11.3 Å². The standard InChI is InChI=1S/C16H13N5O2S2/c1-11-6-8-12(9-7-11)25(22,23)20-14-5-3-2-4-13(14)15-19-21-10-17-18-16(21)24-15/h2-10,20H,1H3. The predicted octanol–water partition coefficient (Wildman–Crippen LogP) is 2.96. The summed E-state index contributed by atoms with van der Waals surface area (Å²) in [4.78, 5) is 0.859. The molecule has 0 saturated carbocycles.